The Kier molecular flexibility index (Phi) is 5.23. The summed E-state index contributed by atoms with van der Waals surface area (Å²) < 4.78 is 11.1. The second kappa shape index (κ2) is 7.40. The molecule has 1 aliphatic rings. The summed E-state index contributed by atoms with van der Waals surface area (Å²) in [5.74, 6) is 1.50. The lowest BCUT2D eigenvalue weighted by Crippen LogP contribution is -2.23. The van der Waals surface area contributed by atoms with E-state index in [2.05, 4.69) is 24.4 Å². The summed E-state index contributed by atoms with van der Waals surface area (Å²) in [5.41, 5.74) is 4.28. The highest BCUT2D eigenvalue weighted by molar-refractivity contribution is 8.00. The number of fused-ring (bicyclic) bond motifs is 1. The standard InChI is InChI=1S/C20H23NO3S/c1-12-9-13(2)19(14(3)10-12)21-20(22)15(4)25-16-5-6-17-18(11-16)24-8-7-23-17/h5-6,9-11,15H,7-8H2,1-4H3,(H,21,22)/t15-/m1/s1. The molecular formula is C20H23NO3S. The van der Waals surface area contributed by atoms with Crippen LogP contribution >= 0.6 is 11.8 Å². The predicted molar refractivity (Wildman–Crippen MR) is 102 cm³/mol. The van der Waals surface area contributed by atoms with Crippen molar-refractivity contribution in [3.8, 4) is 11.5 Å². The molecule has 0 aromatic heterocycles. The number of rotatable bonds is 4. The fourth-order valence-corrected chi connectivity index (χ4v) is 3.85. The second-order valence-corrected chi connectivity index (χ2v) is 7.74. The molecule has 3 rings (SSSR count). The summed E-state index contributed by atoms with van der Waals surface area (Å²) in [6.45, 7) is 9.15. The van der Waals surface area contributed by atoms with Crippen LogP contribution in [-0.2, 0) is 4.79 Å². The Hall–Kier alpha value is -2.14. The van der Waals surface area contributed by atoms with Gasteiger partial charge in [0.05, 0.1) is 5.25 Å². The monoisotopic (exact) mass is 357 g/mol. The molecule has 0 saturated carbocycles. The SMILES string of the molecule is Cc1cc(C)c(NC(=O)[C@@H](C)Sc2ccc3c(c2)OCCO3)c(C)c1. The van der Waals surface area contributed by atoms with E-state index in [9.17, 15) is 4.79 Å². The van der Waals surface area contributed by atoms with Gasteiger partial charge in [-0.3, -0.25) is 4.79 Å². The summed E-state index contributed by atoms with van der Waals surface area (Å²) in [4.78, 5) is 13.6. The van der Waals surface area contributed by atoms with E-state index in [0.717, 1.165) is 33.2 Å². The highest BCUT2D eigenvalue weighted by Crippen LogP contribution is 2.35. The van der Waals surface area contributed by atoms with Crippen LogP contribution in [-0.4, -0.2) is 24.4 Å². The minimum Gasteiger partial charge on any atom is -0.486 e. The Labute approximate surface area is 152 Å². The third kappa shape index (κ3) is 4.10. The van der Waals surface area contributed by atoms with Crippen LogP contribution in [0.2, 0.25) is 0 Å². The molecule has 0 saturated heterocycles. The molecule has 4 nitrogen and oxygen atoms in total. The third-order valence-corrected chi connectivity index (χ3v) is 5.21. The number of hydrogen-bond donors (Lipinski definition) is 1. The van der Waals surface area contributed by atoms with Crippen molar-refractivity contribution in [1.29, 1.82) is 0 Å². The van der Waals surface area contributed by atoms with Crippen LogP contribution in [0.1, 0.15) is 23.6 Å². The molecule has 0 spiro atoms. The number of carbonyl (C=O) groups excluding carboxylic acids is 1. The highest BCUT2D eigenvalue weighted by atomic mass is 32.2. The van der Waals surface area contributed by atoms with Gasteiger partial charge in [0.15, 0.2) is 11.5 Å². The molecule has 0 fully saturated rings. The van der Waals surface area contributed by atoms with Crippen molar-refractivity contribution in [2.75, 3.05) is 18.5 Å². The van der Waals surface area contributed by atoms with Gasteiger partial charge in [0.25, 0.3) is 0 Å². The molecule has 25 heavy (non-hydrogen) atoms. The Bertz CT molecular complexity index is 781. The molecule has 0 unspecified atom stereocenters. The van der Waals surface area contributed by atoms with Gasteiger partial charge in [0, 0.05) is 10.6 Å². The Morgan fingerprint density at radius 2 is 1.68 bits per heavy atom. The van der Waals surface area contributed by atoms with Crippen molar-refractivity contribution in [3.05, 3.63) is 47.0 Å². The van der Waals surface area contributed by atoms with E-state index < -0.39 is 0 Å². The van der Waals surface area contributed by atoms with Crippen molar-refractivity contribution in [1.82, 2.24) is 0 Å². The van der Waals surface area contributed by atoms with Crippen LogP contribution in [0.25, 0.3) is 0 Å². The van der Waals surface area contributed by atoms with E-state index in [1.165, 1.54) is 17.3 Å². The minimum absolute atomic E-state index is 0.00468. The maximum absolute atomic E-state index is 12.6. The maximum Gasteiger partial charge on any atom is 0.237 e. The normalized spacial score (nSPS) is 14.1. The fourth-order valence-electron chi connectivity index (χ4n) is 2.96. The van der Waals surface area contributed by atoms with Crippen LogP contribution in [0.3, 0.4) is 0 Å². The van der Waals surface area contributed by atoms with E-state index >= 15 is 0 Å². The Morgan fingerprint density at radius 3 is 2.36 bits per heavy atom. The molecular weight excluding hydrogens is 334 g/mol. The molecule has 0 bridgehead atoms. The lowest BCUT2D eigenvalue weighted by molar-refractivity contribution is -0.115. The molecule has 132 valence electrons. The summed E-state index contributed by atoms with van der Waals surface area (Å²) >= 11 is 1.51. The van der Waals surface area contributed by atoms with Crippen molar-refractivity contribution in [3.63, 3.8) is 0 Å². The van der Waals surface area contributed by atoms with Gasteiger partial charge >= 0.3 is 0 Å². The quantitative estimate of drug-likeness (QED) is 0.818. The molecule has 1 amide bonds. The van der Waals surface area contributed by atoms with E-state index in [4.69, 9.17) is 9.47 Å². The Morgan fingerprint density at radius 1 is 1.04 bits per heavy atom. The summed E-state index contributed by atoms with van der Waals surface area (Å²) in [7, 11) is 0. The van der Waals surface area contributed by atoms with E-state index in [0.29, 0.717) is 13.2 Å². The lowest BCUT2D eigenvalue weighted by Gasteiger charge is -2.20. The van der Waals surface area contributed by atoms with Gasteiger partial charge in [0.1, 0.15) is 13.2 Å². The number of aryl methyl sites for hydroxylation is 3. The molecule has 2 aromatic rings. The molecule has 0 radical (unpaired) electrons. The molecule has 5 heteroatoms. The molecule has 2 aromatic carbocycles. The first-order chi connectivity index (χ1) is 11.9. The average Bonchev–Trinajstić information content (AvgIpc) is 2.57. The van der Waals surface area contributed by atoms with Gasteiger partial charge in [-0.25, -0.2) is 0 Å². The largest absolute Gasteiger partial charge is 0.486 e. The van der Waals surface area contributed by atoms with E-state index in [-0.39, 0.29) is 11.2 Å². The number of thioether (sulfide) groups is 1. The highest BCUT2D eigenvalue weighted by Gasteiger charge is 2.18. The topological polar surface area (TPSA) is 47.6 Å². The zero-order valence-electron chi connectivity index (χ0n) is 15.0. The number of carbonyl (C=O) groups is 1. The van der Waals surface area contributed by atoms with Crippen LogP contribution in [0.5, 0.6) is 11.5 Å². The third-order valence-electron chi connectivity index (χ3n) is 4.12. The first-order valence-corrected chi connectivity index (χ1v) is 9.27. The smallest absolute Gasteiger partial charge is 0.237 e. The average molecular weight is 357 g/mol. The van der Waals surface area contributed by atoms with Gasteiger partial charge < -0.3 is 14.8 Å². The molecule has 0 aliphatic carbocycles. The number of nitrogens with one attached hydrogen (secondary N) is 1. The van der Waals surface area contributed by atoms with Crippen molar-refractivity contribution in [2.24, 2.45) is 0 Å². The zero-order chi connectivity index (χ0) is 18.0. The van der Waals surface area contributed by atoms with Crippen LogP contribution in [0.4, 0.5) is 5.69 Å². The molecule has 1 atom stereocenters. The van der Waals surface area contributed by atoms with Gasteiger partial charge in [-0.05, 0) is 57.0 Å². The van der Waals surface area contributed by atoms with Crippen LogP contribution < -0.4 is 14.8 Å². The van der Waals surface area contributed by atoms with Crippen molar-refractivity contribution < 1.29 is 14.3 Å². The first kappa shape index (κ1) is 17.7. The molecule has 1 N–H and O–H groups in total. The predicted octanol–water partition coefficient (Wildman–Crippen LogP) is 4.50. The minimum atomic E-state index is -0.220. The number of benzene rings is 2. The fraction of sp³-hybridized carbons (Fsp3) is 0.350. The summed E-state index contributed by atoms with van der Waals surface area (Å²) in [5, 5.41) is 2.85. The number of ether oxygens (including phenoxy) is 2. The lowest BCUT2D eigenvalue weighted by atomic mass is 10.1. The summed E-state index contributed by atoms with van der Waals surface area (Å²) in [6.07, 6.45) is 0. The van der Waals surface area contributed by atoms with Crippen molar-refractivity contribution in [2.45, 2.75) is 37.8 Å². The number of anilines is 1. The second-order valence-electron chi connectivity index (χ2n) is 6.33. The van der Waals surface area contributed by atoms with E-state index in [1.54, 1.807) is 0 Å². The van der Waals surface area contributed by atoms with Gasteiger partial charge in [-0.2, -0.15) is 0 Å². The van der Waals surface area contributed by atoms with Gasteiger partial charge in [-0.1, -0.05) is 17.7 Å². The zero-order valence-corrected chi connectivity index (χ0v) is 15.8. The first-order valence-electron chi connectivity index (χ1n) is 8.39. The maximum atomic E-state index is 12.6. The van der Waals surface area contributed by atoms with Crippen LogP contribution in [0.15, 0.2) is 35.2 Å². The molecule has 1 aliphatic heterocycles. The Balaban J connectivity index is 1.69. The van der Waals surface area contributed by atoms with Crippen LogP contribution in [0, 0.1) is 20.8 Å². The number of amides is 1. The van der Waals surface area contributed by atoms with Gasteiger partial charge in [-0.15, -0.1) is 11.8 Å². The van der Waals surface area contributed by atoms with Gasteiger partial charge in [0.2, 0.25) is 5.91 Å². The molecule has 1 heterocycles. The number of hydrogen-bond acceptors (Lipinski definition) is 4. The van der Waals surface area contributed by atoms with Crippen molar-refractivity contribution >= 4 is 23.4 Å². The summed E-state index contributed by atoms with van der Waals surface area (Å²) in [6, 6.07) is 9.97. The van der Waals surface area contributed by atoms with E-state index in [1.807, 2.05) is 39.0 Å².